The summed E-state index contributed by atoms with van der Waals surface area (Å²) in [6.45, 7) is 9.19. The predicted molar refractivity (Wildman–Crippen MR) is 90.8 cm³/mol. The van der Waals surface area contributed by atoms with Crippen LogP contribution in [0.1, 0.15) is 63.3 Å². The quantitative estimate of drug-likeness (QED) is 0.701. The third kappa shape index (κ3) is 2.71. The molecule has 1 fully saturated rings. The van der Waals surface area contributed by atoms with Crippen molar-refractivity contribution >= 4 is 10.9 Å². The summed E-state index contributed by atoms with van der Waals surface area (Å²) >= 11 is 0. The zero-order chi connectivity index (χ0) is 15.0. The molecule has 112 valence electrons. The summed E-state index contributed by atoms with van der Waals surface area (Å²) in [5.41, 5.74) is 5.59. The smallest absolute Gasteiger partial charge is 0.0708 e. The van der Waals surface area contributed by atoms with Gasteiger partial charge in [-0.25, -0.2) is 0 Å². The van der Waals surface area contributed by atoms with E-state index < -0.39 is 0 Å². The van der Waals surface area contributed by atoms with Crippen molar-refractivity contribution in [3.8, 4) is 0 Å². The molecule has 0 radical (unpaired) electrons. The number of pyridine rings is 1. The van der Waals surface area contributed by atoms with E-state index in [9.17, 15) is 0 Å². The summed E-state index contributed by atoms with van der Waals surface area (Å²) in [5, 5.41) is 1.36. The third-order valence-electron chi connectivity index (χ3n) is 5.32. The van der Waals surface area contributed by atoms with Gasteiger partial charge in [0.25, 0.3) is 0 Å². The number of fused-ring (bicyclic) bond motifs is 1. The molecule has 0 saturated heterocycles. The zero-order valence-corrected chi connectivity index (χ0v) is 13.9. The summed E-state index contributed by atoms with van der Waals surface area (Å²) < 4.78 is 0. The molecule has 1 saturated carbocycles. The highest BCUT2D eigenvalue weighted by atomic mass is 14.7. The Balaban J connectivity index is 2.10. The molecule has 2 aromatic rings. The van der Waals surface area contributed by atoms with Gasteiger partial charge in [-0.3, -0.25) is 4.98 Å². The van der Waals surface area contributed by atoms with Crippen molar-refractivity contribution in [2.24, 2.45) is 5.92 Å². The Morgan fingerprint density at radius 1 is 1.29 bits per heavy atom. The maximum Gasteiger partial charge on any atom is 0.0708 e. The zero-order valence-electron chi connectivity index (χ0n) is 13.9. The van der Waals surface area contributed by atoms with Crippen molar-refractivity contribution < 1.29 is 0 Å². The van der Waals surface area contributed by atoms with Gasteiger partial charge in [-0.1, -0.05) is 39.7 Å². The highest BCUT2D eigenvalue weighted by Gasteiger charge is 2.32. The molecule has 0 N–H and O–H groups in total. The molecule has 2 unspecified atom stereocenters. The molecule has 2 atom stereocenters. The summed E-state index contributed by atoms with van der Waals surface area (Å²) in [5.74, 6) is 0.848. The fourth-order valence-corrected chi connectivity index (χ4v) is 4.19. The lowest BCUT2D eigenvalue weighted by molar-refractivity contribution is 0.252. The van der Waals surface area contributed by atoms with Crippen LogP contribution in [0.15, 0.2) is 24.3 Å². The number of hydrogen-bond donors (Lipinski definition) is 0. The Morgan fingerprint density at radius 3 is 2.81 bits per heavy atom. The van der Waals surface area contributed by atoms with E-state index in [1.165, 1.54) is 42.2 Å². The maximum absolute atomic E-state index is 4.71. The van der Waals surface area contributed by atoms with Gasteiger partial charge < -0.3 is 0 Å². The van der Waals surface area contributed by atoms with Gasteiger partial charge in [0.2, 0.25) is 0 Å². The van der Waals surface area contributed by atoms with Gasteiger partial charge >= 0.3 is 0 Å². The minimum Gasteiger partial charge on any atom is -0.253 e. The lowest BCUT2D eigenvalue weighted by Gasteiger charge is -2.37. The Hall–Kier alpha value is -1.37. The molecule has 1 aliphatic carbocycles. The van der Waals surface area contributed by atoms with Gasteiger partial charge in [0.1, 0.15) is 0 Å². The Labute approximate surface area is 128 Å². The van der Waals surface area contributed by atoms with Crippen molar-refractivity contribution in [2.45, 2.75) is 65.2 Å². The van der Waals surface area contributed by atoms with Gasteiger partial charge in [-0.15, -0.1) is 0 Å². The van der Waals surface area contributed by atoms with Crippen molar-refractivity contribution in [1.29, 1.82) is 0 Å². The summed E-state index contributed by atoms with van der Waals surface area (Å²) in [6, 6.07) is 9.24. The van der Waals surface area contributed by atoms with E-state index in [2.05, 4.69) is 52.0 Å². The van der Waals surface area contributed by atoms with Gasteiger partial charge in [-0.05, 0) is 66.8 Å². The van der Waals surface area contributed by atoms with E-state index in [1.54, 1.807) is 0 Å². The molecule has 3 rings (SSSR count). The average molecular weight is 281 g/mol. The first-order chi connectivity index (χ1) is 10.0. The van der Waals surface area contributed by atoms with E-state index in [1.807, 2.05) is 0 Å². The largest absolute Gasteiger partial charge is 0.253 e. The first kappa shape index (κ1) is 14.6. The number of aryl methyl sites for hydroxylation is 2. The standard InChI is InChI=1S/C20H27N/c1-5-16-11-15(3)21-19-9-8-17(12-18(16)19)20(4)10-6-7-14(2)13-20/h8-9,11-12,14H,5-7,10,13H2,1-4H3. The molecule has 1 nitrogen and oxygen atoms in total. The molecule has 0 spiro atoms. The molecule has 1 aliphatic rings. The molecule has 0 bridgehead atoms. The van der Waals surface area contributed by atoms with Gasteiger partial charge in [0.05, 0.1) is 5.52 Å². The van der Waals surface area contributed by atoms with Crippen LogP contribution in [0.25, 0.3) is 10.9 Å². The molecular weight excluding hydrogens is 254 g/mol. The Bertz CT molecular complexity index is 658. The molecule has 1 heterocycles. The van der Waals surface area contributed by atoms with Crippen molar-refractivity contribution in [2.75, 3.05) is 0 Å². The first-order valence-electron chi connectivity index (χ1n) is 8.42. The lowest BCUT2D eigenvalue weighted by Crippen LogP contribution is -2.28. The van der Waals surface area contributed by atoms with Gasteiger partial charge in [0.15, 0.2) is 0 Å². The number of hydrogen-bond acceptors (Lipinski definition) is 1. The van der Waals surface area contributed by atoms with Gasteiger partial charge in [-0.2, -0.15) is 0 Å². The SMILES string of the molecule is CCc1cc(C)nc2ccc(C3(C)CCCC(C)C3)cc12. The number of rotatable bonds is 2. The fourth-order valence-electron chi connectivity index (χ4n) is 4.19. The van der Waals surface area contributed by atoms with Crippen molar-refractivity contribution in [1.82, 2.24) is 4.98 Å². The van der Waals surface area contributed by atoms with E-state index in [0.29, 0.717) is 5.41 Å². The topological polar surface area (TPSA) is 12.9 Å². The van der Waals surface area contributed by atoms with Crippen molar-refractivity contribution in [3.05, 3.63) is 41.1 Å². The number of benzene rings is 1. The van der Waals surface area contributed by atoms with Crippen LogP contribution >= 0.6 is 0 Å². The van der Waals surface area contributed by atoms with Crippen LogP contribution in [0.4, 0.5) is 0 Å². The molecule has 0 aliphatic heterocycles. The van der Waals surface area contributed by atoms with Crippen molar-refractivity contribution in [3.63, 3.8) is 0 Å². The minimum atomic E-state index is 0.349. The number of nitrogens with zero attached hydrogens (tertiary/aromatic N) is 1. The summed E-state index contributed by atoms with van der Waals surface area (Å²) in [6.07, 6.45) is 6.48. The average Bonchev–Trinajstić information content (AvgIpc) is 2.45. The van der Waals surface area contributed by atoms with Gasteiger partial charge in [0, 0.05) is 11.1 Å². The highest BCUT2D eigenvalue weighted by molar-refractivity contribution is 5.83. The summed E-state index contributed by atoms with van der Waals surface area (Å²) in [4.78, 5) is 4.71. The first-order valence-corrected chi connectivity index (χ1v) is 8.42. The lowest BCUT2D eigenvalue weighted by atomic mass is 9.67. The fraction of sp³-hybridized carbons (Fsp3) is 0.550. The monoisotopic (exact) mass is 281 g/mol. The Morgan fingerprint density at radius 2 is 2.10 bits per heavy atom. The molecular formula is C20H27N. The second-order valence-electron chi connectivity index (χ2n) is 7.27. The van der Waals surface area contributed by atoms with E-state index in [0.717, 1.165) is 23.5 Å². The van der Waals surface area contributed by atoms with Crippen LogP contribution in [-0.2, 0) is 11.8 Å². The highest BCUT2D eigenvalue weighted by Crippen LogP contribution is 2.42. The Kier molecular flexibility index (Phi) is 3.77. The third-order valence-corrected chi connectivity index (χ3v) is 5.32. The van der Waals surface area contributed by atoms with Crippen LogP contribution < -0.4 is 0 Å². The van der Waals surface area contributed by atoms with E-state index in [-0.39, 0.29) is 0 Å². The van der Waals surface area contributed by atoms with Crippen LogP contribution in [-0.4, -0.2) is 4.98 Å². The molecule has 21 heavy (non-hydrogen) atoms. The molecule has 0 amide bonds. The molecule has 1 heteroatoms. The van der Waals surface area contributed by atoms with E-state index >= 15 is 0 Å². The van der Waals surface area contributed by atoms with Crippen LogP contribution in [0.5, 0.6) is 0 Å². The van der Waals surface area contributed by atoms with Crippen LogP contribution in [0.3, 0.4) is 0 Å². The number of aromatic nitrogens is 1. The normalized spacial score (nSPS) is 26.2. The second kappa shape index (κ2) is 5.44. The minimum absolute atomic E-state index is 0.349. The molecule has 1 aromatic carbocycles. The summed E-state index contributed by atoms with van der Waals surface area (Å²) in [7, 11) is 0. The maximum atomic E-state index is 4.71. The molecule has 1 aromatic heterocycles. The second-order valence-corrected chi connectivity index (χ2v) is 7.27. The van der Waals surface area contributed by atoms with Crippen LogP contribution in [0, 0.1) is 12.8 Å². The van der Waals surface area contributed by atoms with E-state index in [4.69, 9.17) is 4.98 Å². The van der Waals surface area contributed by atoms with Crippen LogP contribution in [0.2, 0.25) is 0 Å². The predicted octanol–water partition coefficient (Wildman–Crippen LogP) is 5.57.